The summed E-state index contributed by atoms with van der Waals surface area (Å²) in [6.45, 7) is 6.58. The highest BCUT2D eigenvalue weighted by Crippen LogP contribution is 2.38. The summed E-state index contributed by atoms with van der Waals surface area (Å²) in [7, 11) is 2.48. The molecule has 0 aliphatic heterocycles. The Morgan fingerprint density at radius 1 is 0.583 bits per heavy atom. The SMILES string of the molecule is COC(=O)[C@](C)(CO)NCc1cc(Cl)c(OCc2cccc(-c3cccc(COc4cc(OCc5cncc(C#N)c5)c(CN[C@@](C)(CO)C(=O)OC)cc4Cl)c3C)c2C)cc1OCc1cncc(C#N)c1. The van der Waals surface area contributed by atoms with E-state index in [1.165, 1.54) is 40.5 Å². The van der Waals surface area contributed by atoms with E-state index in [1.807, 2.05) is 50.2 Å². The number of halogens is 2. The van der Waals surface area contributed by atoms with Crippen molar-refractivity contribution in [1.29, 1.82) is 10.5 Å². The average Bonchev–Trinajstić information content (AvgIpc) is 3.40. The minimum Gasteiger partial charge on any atom is -0.488 e. The van der Waals surface area contributed by atoms with Crippen molar-refractivity contribution in [2.24, 2.45) is 0 Å². The van der Waals surface area contributed by atoms with Gasteiger partial charge in [0.25, 0.3) is 0 Å². The fourth-order valence-electron chi connectivity index (χ4n) is 7.49. The molecule has 72 heavy (non-hydrogen) atoms. The predicted molar refractivity (Wildman–Crippen MR) is 268 cm³/mol. The van der Waals surface area contributed by atoms with Gasteiger partial charge in [0.05, 0.1) is 48.6 Å². The molecule has 0 radical (unpaired) electrons. The number of benzene rings is 4. The van der Waals surface area contributed by atoms with Crippen LogP contribution in [0.1, 0.15) is 69.5 Å². The largest absolute Gasteiger partial charge is 0.488 e. The van der Waals surface area contributed by atoms with Gasteiger partial charge < -0.3 is 38.6 Å². The van der Waals surface area contributed by atoms with Crippen LogP contribution in [0.3, 0.4) is 0 Å². The predicted octanol–water partition coefficient (Wildman–Crippen LogP) is 8.15. The lowest BCUT2D eigenvalue weighted by Crippen LogP contribution is -2.52. The number of methoxy groups -OCH3 is 2. The van der Waals surface area contributed by atoms with Gasteiger partial charge in [-0.2, -0.15) is 10.5 Å². The number of ether oxygens (including phenoxy) is 6. The zero-order chi connectivity index (χ0) is 52.0. The number of hydrogen-bond donors (Lipinski definition) is 4. The second-order valence-electron chi connectivity index (χ2n) is 17.2. The Bertz CT molecular complexity index is 2810. The molecule has 0 aliphatic rings. The molecule has 0 spiro atoms. The quantitative estimate of drug-likeness (QED) is 0.0444. The van der Waals surface area contributed by atoms with E-state index in [0.717, 1.165) is 33.4 Å². The lowest BCUT2D eigenvalue weighted by molar-refractivity contribution is -0.150. The van der Waals surface area contributed by atoms with Crippen LogP contribution in [0.4, 0.5) is 0 Å². The van der Waals surface area contributed by atoms with Crippen LogP contribution in [0, 0.1) is 36.5 Å². The van der Waals surface area contributed by atoms with E-state index in [9.17, 15) is 30.3 Å². The van der Waals surface area contributed by atoms with Crippen LogP contribution < -0.4 is 29.6 Å². The molecule has 6 aromatic rings. The lowest BCUT2D eigenvalue weighted by Gasteiger charge is -2.26. The van der Waals surface area contributed by atoms with Gasteiger partial charge >= 0.3 is 11.9 Å². The molecule has 0 aliphatic carbocycles. The highest BCUT2D eigenvalue weighted by molar-refractivity contribution is 6.32. The standard InChI is InChI=1S/C54H54Cl2N6O10/c1-33-39(29-71-49-17-47(69-27-37-13-35(19-57)21-59-23-37)41(15-45(49)55)25-61-53(3,31-63)51(65)67-5)9-7-11-43(33)44-12-8-10-40(34(44)2)30-72-50-18-48(70-28-38-14-36(20-58)22-60-24-38)42(16-46(50)56)26-62-54(4,32-64)52(66)68-6/h7-18,21-24,61-64H,25-32H2,1-6H3/t53-,54-/m0/s1. The van der Waals surface area contributed by atoms with E-state index < -0.39 is 36.2 Å². The molecule has 0 saturated carbocycles. The Kier molecular flexibility index (Phi) is 18.6. The number of nitrogens with one attached hydrogen (secondary N) is 2. The summed E-state index contributed by atoms with van der Waals surface area (Å²) in [5.74, 6) is 0.146. The van der Waals surface area contributed by atoms with Crippen molar-refractivity contribution in [3.63, 3.8) is 0 Å². The van der Waals surface area contributed by atoms with E-state index in [0.29, 0.717) is 56.4 Å². The molecule has 0 bridgehead atoms. The van der Waals surface area contributed by atoms with E-state index in [2.05, 4.69) is 32.7 Å². The first kappa shape index (κ1) is 54.1. The van der Waals surface area contributed by atoms with Gasteiger partial charge in [0.1, 0.15) is 72.6 Å². The fourth-order valence-corrected chi connectivity index (χ4v) is 7.97. The van der Waals surface area contributed by atoms with Crippen LogP contribution in [0.2, 0.25) is 10.0 Å². The number of esters is 2. The maximum atomic E-state index is 12.5. The molecular formula is C54H54Cl2N6O10. The molecule has 2 atom stereocenters. The minimum absolute atomic E-state index is 0.0614. The Morgan fingerprint density at radius 2 is 0.972 bits per heavy atom. The maximum absolute atomic E-state index is 12.5. The van der Waals surface area contributed by atoms with Gasteiger partial charge in [-0.1, -0.05) is 59.6 Å². The normalized spacial score (nSPS) is 12.6. The van der Waals surface area contributed by atoms with Crippen molar-refractivity contribution >= 4 is 35.1 Å². The van der Waals surface area contributed by atoms with Crippen LogP contribution >= 0.6 is 23.2 Å². The number of aromatic nitrogens is 2. The topological polar surface area (TPSA) is 227 Å². The molecule has 4 N–H and O–H groups in total. The number of nitrogens with zero attached hydrogens (tertiary/aromatic N) is 4. The van der Waals surface area contributed by atoms with Crippen molar-refractivity contribution in [2.45, 2.75) is 78.3 Å². The fraction of sp³-hybridized carbons (Fsp3) is 0.296. The zero-order valence-corrected chi connectivity index (χ0v) is 42.1. The Labute approximate surface area is 428 Å². The van der Waals surface area contributed by atoms with Crippen molar-refractivity contribution in [3.05, 3.63) is 163 Å². The van der Waals surface area contributed by atoms with E-state index in [-0.39, 0.29) is 49.6 Å². The van der Waals surface area contributed by atoms with Gasteiger partial charge in [-0.05, 0) is 85.3 Å². The van der Waals surface area contributed by atoms with Gasteiger partial charge in [-0.3, -0.25) is 20.6 Å². The molecule has 2 aromatic heterocycles. The smallest absolute Gasteiger partial charge is 0.328 e. The molecule has 2 heterocycles. The van der Waals surface area contributed by atoms with Crippen molar-refractivity contribution in [3.8, 4) is 46.3 Å². The maximum Gasteiger partial charge on any atom is 0.328 e. The van der Waals surface area contributed by atoms with E-state index >= 15 is 0 Å². The number of hydrogen-bond acceptors (Lipinski definition) is 16. The summed E-state index contributed by atoms with van der Waals surface area (Å²) in [5, 5.41) is 45.6. The molecule has 6 rings (SSSR count). The van der Waals surface area contributed by atoms with Crippen LogP contribution in [0.5, 0.6) is 23.0 Å². The van der Waals surface area contributed by atoms with Crippen LogP contribution in [-0.2, 0) is 58.6 Å². The summed E-state index contributed by atoms with van der Waals surface area (Å²) < 4.78 is 35.1. The van der Waals surface area contributed by atoms with Gasteiger partial charge in [-0.25, -0.2) is 9.59 Å². The average molecular weight is 1020 g/mol. The molecule has 4 aromatic carbocycles. The number of carbonyl (C=O) groups is 2. The highest BCUT2D eigenvalue weighted by Gasteiger charge is 2.35. The van der Waals surface area contributed by atoms with Gasteiger partial charge in [0.15, 0.2) is 0 Å². The third-order valence-corrected chi connectivity index (χ3v) is 12.6. The molecule has 18 heteroatoms. The van der Waals surface area contributed by atoms with Crippen molar-refractivity contribution in [1.82, 2.24) is 20.6 Å². The molecule has 0 fully saturated rings. The highest BCUT2D eigenvalue weighted by atomic mass is 35.5. The Morgan fingerprint density at radius 3 is 1.33 bits per heavy atom. The summed E-state index contributed by atoms with van der Waals surface area (Å²) >= 11 is 13.7. The molecule has 16 nitrogen and oxygen atoms in total. The molecular weight excluding hydrogens is 964 g/mol. The monoisotopic (exact) mass is 1020 g/mol. The van der Waals surface area contributed by atoms with Crippen molar-refractivity contribution in [2.75, 3.05) is 27.4 Å². The first-order chi connectivity index (χ1) is 34.6. The molecule has 0 amide bonds. The van der Waals surface area contributed by atoms with Crippen LogP contribution in [-0.4, -0.2) is 70.6 Å². The minimum atomic E-state index is -1.40. The number of carbonyl (C=O) groups excluding carboxylic acids is 2. The van der Waals surface area contributed by atoms with Crippen LogP contribution in [0.15, 0.2) is 97.6 Å². The second kappa shape index (κ2) is 24.7. The summed E-state index contributed by atoms with van der Waals surface area (Å²) in [5.41, 5.74) is 6.06. The van der Waals surface area contributed by atoms with Gasteiger partial charge in [-0.15, -0.1) is 0 Å². The Balaban J connectivity index is 1.22. The number of pyridine rings is 2. The van der Waals surface area contributed by atoms with Gasteiger partial charge in [0, 0.05) is 72.3 Å². The molecule has 374 valence electrons. The number of nitriles is 2. The summed E-state index contributed by atoms with van der Waals surface area (Å²) in [6, 6.07) is 26.1. The number of aliphatic hydroxyl groups excluding tert-OH is 2. The lowest BCUT2D eigenvalue weighted by atomic mass is 9.92. The number of aliphatic hydroxyl groups is 2. The summed E-state index contributed by atoms with van der Waals surface area (Å²) in [6.07, 6.45) is 6.10. The number of rotatable bonds is 23. The Hall–Kier alpha value is -7.28. The van der Waals surface area contributed by atoms with E-state index in [4.69, 9.17) is 51.6 Å². The molecule has 0 unspecified atom stereocenters. The first-order valence-corrected chi connectivity index (χ1v) is 23.2. The van der Waals surface area contributed by atoms with Crippen molar-refractivity contribution < 1.29 is 48.2 Å². The first-order valence-electron chi connectivity index (χ1n) is 22.5. The second-order valence-corrected chi connectivity index (χ2v) is 18.0. The van der Waals surface area contributed by atoms with Crippen LogP contribution in [0.25, 0.3) is 11.1 Å². The zero-order valence-electron chi connectivity index (χ0n) is 40.6. The van der Waals surface area contributed by atoms with Gasteiger partial charge in [0.2, 0.25) is 0 Å². The summed E-state index contributed by atoms with van der Waals surface area (Å²) in [4.78, 5) is 33.3. The van der Waals surface area contributed by atoms with E-state index in [1.54, 1.807) is 48.8 Å². The third-order valence-electron chi connectivity index (χ3n) is 12.1. The third kappa shape index (κ3) is 13.2. The molecule has 0 saturated heterocycles.